The smallest absolute Gasteiger partial charge is 1.00 e. The van der Waals surface area contributed by atoms with E-state index in [2.05, 4.69) is 57.2 Å². The molecule has 0 saturated heterocycles. The topological polar surface area (TPSA) is 631 Å². The Labute approximate surface area is 744 Å². The van der Waals surface area contributed by atoms with Crippen molar-refractivity contribution < 1.29 is 224 Å². The van der Waals surface area contributed by atoms with Gasteiger partial charge in [0.1, 0.15) is 46.5 Å². The third-order valence-corrected chi connectivity index (χ3v) is 12.7. The first-order valence-corrected chi connectivity index (χ1v) is 38.3. The van der Waals surface area contributed by atoms with Crippen molar-refractivity contribution in [3.63, 3.8) is 0 Å². The van der Waals surface area contributed by atoms with Gasteiger partial charge in [0.2, 0.25) is 5.91 Å². The summed E-state index contributed by atoms with van der Waals surface area (Å²) in [5.41, 5.74) is 1.83. The van der Waals surface area contributed by atoms with E-state index in [9.17, 15) is 62.3 Å². The molecule has 0 saturated carbocycles. The quantitative estimate of drug-likeness (QED) is 0.00584. The van der Waals surface area contributed by atoms with Crippen LogP contribution in [-0.2, 0) is 154 Å². The summed E-state index contributed by atoms with van der Waals surface area (Å²) in [6, 6.07) is 0. The van der Waals surface area contributed by atoms with Gasteiger partial charge in [0.05, 0.1) is 76.4 Å². The zero-order chi connectivity index (χ0) is 95.2. The number of hydrogen-bond donors (Lipinski definition) is 12. The van der Waals surface area contributed by atoms with Crippen molar-refractivity contribution in [1.29, 1.82) is 4.78 Å². The van der Waals surface area contributed by atoms with Crippen molar-refractivity contribution in [3.8, 4) is 0 Å². The number of aliphatic hydroxyl groups excluding tert-OH is 5. The van der Waals surface area contributed by atoms with Crippen molar-refractivity contribution in [2.45, 2.75) is 227 Å². The summed E-state index contributed by atoms with van der Waals surface area (Å²) in [6.45, 7) is 33.2. The summed E-state index contributed by atoms with van der Waals surface area (Å²) < 4.78 is 85.4. The molecule has 0 spiro atoms. The van der Waals surface area contributed by atoms with Crippen LogP contribution in [0, 0.1) is 33.4 Å². The minimum Gasteiger partial charge on any atom is -1.00 e. The molecule has 0 aromatic carbocycles. The van der Waals surface area contributed by atoms with Gasteiger partial charge in [0.15, 0.2) is 35.9 Å². The summed E-state index contributed by atoms with van der Waals surface area (Å²) in [7, 11) is 8.93. The molecule has 0 bridgehead atoms. The van der Waals surface area contributed by atoms with E-state index in [1.807, 2.05) is 20.8 Å². The van der Waals surface area contributed by atoms with Crippen LogP contribution in [0.1, 0.15) is 210 Å². The third kappa shape index (κ3) is 138. The van der Waals surface area contributed by atoms with E-state index in [-0.39, 0.29) is 181 Å². The molecule has 5 atom stereocenters. The zero-order valence-electron chi connectivity index (χ0n) is 75.9. The number of carbonyl (C=O) groups is 13. The van der Waals surface area contributed by atoms with E-state index < -0.39 is 82.3 Å². The van der Waals surface area contributed by atoms with Gasteiger partial charge in [-0.1, -0.05) is 28.2 Å². The van der Waals surface area contributed by atoms with Gasteiger partial charge >= 0.3 is 89.3 Å². The van der Waals surface area contributed by atoms with Crippen molar-refractivity contribution in [1.82, 2.24) is 0 Å². The van der Waals surface area contributed by atoms with Crippen LogP contribution < -0.4 is 35.3 Å². The van der Waals surface area contributed by atoms with Crippen LogP contribution in [0.15, 0.2) is 0 Å². The predicted octanol–water partition coefficient (Wildman–Crippen LogP) is 4.48. The minimum absolute atomic E-state index is 0. The van der Waals surface area contributed by atoms with E-state index in [1.54, 1.807) is 69.4 Å². The number of rotatable bonds is 51. The number of primary amides is 1. The number of carbonyl (C=O) groups excluding carboxylic acids is 8. The van der Waals surface area contributed by atoms with E-state index in [0.29, 0.717) is 58.3 Å². The Bertz CT molecular complexity index is 2200. The number of aliphatic hydroxyl groups is 5. The van der Waals surface area contributed by atoms with Crippen LogP contribution in [0.4, 0.5) is 0 Å². The Kier molecular flexibility index (Phi) is 157. The second kappa shape index (κ2) is 124. The first-order valence-electron chi connectivity index (χ1n) is 37.2. The van der Waals surface area contributed by atoms with Gasteiger partial charge in [-0.15, -0.1) is 0 Å². The minimum atomic E-state index is -1.80. The summed E-state index contributed by atoms with van der Waals surface area (Å²) >= 11 is 4.19. The van der Waals surface area contributed by atoms with Crippen molar-refractivity contribution >= 4 is 103 Å². The van der Waals surface area contributed by atoms with Crippen LogP contribution in [-0.4, -0.2) is 304 Å². The van der Waals surface area contributed by atoms with Crippen molar-refractivity contribution in [2.75, 3.05) is 156 Å². The zero-order valence-corrected chi connectivity index (χ0v) is 78.6. The summed E-state index contributed by atoms with van der Waals surface area (Å²) in [5, 5.41) is 82.2. The van der Waals surface area contributed by atoms with Crippen molar-refractivity contribution in [3.05, 3.63) is 0 Å². The van der Waals surface area contributed by atoms with E-state index in [1.165, 1.54) is 56.3 Å². The van der Waals surface area contributed by atoms with Crippen molar-refractivity contribution in [2.24, 2.45) is 34.3 Å². The Morgan fingerprint density at radius 3 is 1.03 bits per heavy atom. The SMILES string of the molecule is C.CC(CCC(=O)O)C(=O)O.CC(O)CCC=O.CC(O)CCC=O.CCCOCOC.CCO.CCOC(=O)C(C)(CCOCOC)C(=O)OCC.CCOC(=O)C(C)C(=O)OCC.CCOC(=O)CCC(C)C(=O)O.CCOCC.COCO.COCO.COCOCCC(C)(C(=O)O)C(=O)O.COCOSOC(C)CCC(N)=O.N=S.[H-].[Na+]. The maximum Gasteiger partial charge on any atom is 1.00 e. The molecule has 5 unspecified atom stereocenters. The fourth-order valence-electron chi connectivity index (χ4n) is 5.46. The van der Waals surface area contributed by atoms with Crippen LogP contribution in [0.3, 0.4) is 0 Å². The Morgan fingerprint density at radius 2 is 0.792 bits per heavy atom. The number of amides is 1. The van der Waals surface area contributed by atoms with E-state index >= 15 is 0 Å². The van der Waals surface area contributed by atoms with Gasteiger partial charge in [-0.3, -0.25) is 61.1 Å². The average Bonchev–Trinajstić information content (AvgIpc) is 0.840. The molecule has 0 aliphatic carbocycles. The molecule has 0 rings (SSSR count). The van der Waals surface area contributed by atoms with Gasteiger partial charge in [0.25, 0.3) is 0 Å². The van der Waals surface area contributed by atoms with Crippen LogP contribution in [0.5, 0.6) is 0 Å². The monoisotopic (exact) mass is 1810 g/mol. The number of methoxy groups -OCH3 is 6. The van der Waals surface area contributed by atoms with Crippen LogP contribution in [0.2, 0.25) is 0 Å². The van der Waals surface area contributed by atoms with Crippen LogP contribution in [0.25, 0.3) is 0 Å². The molecule has 13 N–H and O–H groups in total. The maximum absolute atomic E-state index is 11.8. The molecule has 0 radical (unpaired) electrons. The first-order chi connectivity index (χ1) is 55.5. The number of nitrogens with one attached hydrogen (secondary N) is 1. The number of ether oxygens (including phenoxy) is 15. The first kappa shape index (κ1) is 152. The molecule has 0 heterocycles. The Morgan fingerprint density at radius 1 is 0.467 bits per heavy atom. The maximum atomic E-state index is 11.8. The number of esters is 5. The number of carboxylic acid groups (broad SMARTS) is 5. The number of carboxylic acids is 5. The number of aliphatic carboxylic acids is 5. The van der Waals surface area contributed by atoms with Gasteiger partial charge in [-0.05, 0) is 148 Å². The Balaban J connectivity index is -0.0000000658. The second-order valence-electron chi connectivity index (χ2n) is 22.8. The molecule has 0 aliphatic rings. The fraction of sp³-hybridized carbons (Fsp3) is 0.827. The number of nitrogens with two attached hydrogens (primary N) is 1. The molecule has 120 heavy (non-hydrogen) atoms. The molecule has 0 aliphatic heterocycles. The van der Waals surface area contributed by atoms with Crippen LogP contribution >= 0.6 is 12.3 Å². The number of hydrogen-bond acceptors (Lipinski definition) is 38. The van der Waals surface area contributed by atoms with E-state index in [4.69, 9.17) is 103 Å². The molecule has 45 heteroatoms. The average molecular weight is 1810 g/mol. The van der Waals surface area contributed by atoms with Gasteiger partial charge in [-0.2, -0.15) is 0 Å². The summed E-state index contributed by atoms with van der Waals surface area (Å²) in [5.74, 6) is -10.3. The largest absolute Gasteiger partial charge is 1.00 e. The van der Waals surface area contributed by atoms with Gasteiger partial charge in [-0.25, -0.2) is 4.78 Å². The number of aldehydes is 2. The summed E-state index contributed by atoms with van der Waals surface area (Å²) in [4.78, 5) is 138. The molecule has 0 fully saturated rings. The third-order valence-electron chi connectivity index (χ3n) is 12.1. The van der Waals surface area contributed by atoms with Gasteiger partial charge in [0, 0.05) is 114 Å². The molecule has 42 nitrogen and oxygen atoms in total. The fourth-order valence-corrected chi connectivity index (χ4v) is 5.88. The normalized spacial score (nSPS) is 10.7. The summed E-state index contributed by atoms with van der Waals surface area (Å²) in [6.07, 6.45) is 5.74. The van der Waals surface area contributed by atoms with Gasteiger partial charge < -0.3 is 139 Å². The molecule has 718 valence electrons. The molecule has 0 aromatic rings. The molecule has 0 aromatic heterocycles. The molecular formula is C75H155N2NaO40S2. The predicted molar refractivity (Wildman–Crippen MR) is 441 cm³/mol. The standard InChI is InChI=1S/C12H22O6.C8H14O6.2C8H14O4.C7H15NO4S.C6H10O4.2C5H10O2.C5H12O2.C4H10O.2C2H6O2.C2H6O.CH4.HNS.Na.H/c1-5-17-10(13)12(3,11(14)18-6-2)7-8-16-9-15-4;1-8(6(9)10,7(11)12)3-4-14-5-13-2;1-4-11-7(9)6(3)8(10)12-5-2;1-3-12-7(9)5-4-6(2)8(10)11;1-6(3-4-7(8)9)12-13-11-5-10-2;1-4(6(9)10)2-3-5(7)8;2*1-5(7)3-2-4-6;1-3-4-7-5-6-2;1-3-5-4-2;2*1-4-2-3;1-2-3;;1-2;;/h5-9H2,1-4H3;3-5H2,1-2H3,(H,9,10)(H,11,12);6H,4-5H2,1-3H3;6H,3-5H2,1-2H3,(H,10,11);6H,3-5H2,1-2H3,(H2,8,9);4H,2-3H2,1H3,(H,7,8)(H,9,10);2*4-5,7H,2-3H2,1H3;3-5H2,1-2H3;3-4H2,1-2H3;2*3H,2H2,1H3;3H,2H2,1H3;1H4;1H;;/q;;;;;;;;;;;;;;;+1;-1. The Hall–Kier alpha value is -5.80. The molecule has 1 amide bonds. The van der Waals surface area contributed by atoms with E-state index in [0.717, 1.165) is 58.1 Å². The molecular weight excluding hydrogens is 1660 g/mol. The second-order valence-corrected chi connectivity index (χ2v) is 23.3.